The Kier molecular flexibility index (Phi) is 4.10. The fourth-order valence-electron chi connectivity index (χ4n) is 4.05. The van der Waals surface area contributed by atoms with Crippen LogP contribution in [0.1, 0.15) is 45.4 Å². The van der Waals surface area contributed by atoms with E-state index in [1.165, 1.54) is 12.8 Å². The molecule has 5 nitrogen and oxygen atoms in total. The lowest BCUT2D eigenvalue weighted by Gasteiger charge is -2.39. The van der Waals surface area contributed by atoms with Crippen LogP contribution in [0.3, 0.4) is 0 Å². The van der Waals surface area contributed by atoms with E-state index in [1.54, 1.807) is 15.7 Å². The Hall–Kier alpha value is -0.170. The summed E-state index contributed by atoms with van der Waals surface area (Å²) >= 11 is 0. The SMILES string of the molecule is CC1CCCN(S(=O)(=O)N(C)C2CC3CCC(C2)N3)C1. The van der Waals surface area contributed by atoms with Gasteiger partial charge in [-0.05, 0) is 44.4 Å². The minimum Gasteiger partial charge on any atom is -0.311 e. The molecule has 1 N–H and O–H groups in total. The summed E-state index contributed by atoms with van der Waals surface area (Å²) in [6, 6.07) is 1.23. The molecule has 116 valence electrons. The number of fused-ring (bicyclic) bond motifs is 2. The lowest BCUT2D eigenvalue weighted by atomic mass is 10.0. The summed E-state index contributed by atoms with van der Waals surface area (Å²) in [5.74, 6) is 0.483. The summed E-state index contributed by atoms with van der Waals surface area (Å²) in [7, 11) is -1.49. The average Bonchev–Trinajstić information content (AvgIpc) is 2.76. The van der Waals surface area contributed by atoms with Gasteiger partial charge in [-0.15, -0.1) is 0 Å². The van der Waals surface area contributed by atoms with Crippen LogP contribution in [0.2, 0.25) is 0 Å². The largest absolute Gasteiger partial charge is 0.311 e. The highest BCUT2D eigenvalue weighted by atomic mass is 32.2. The Bertz CT molecular complexity index is 441. The maximum atomic E-state index is 12.8. The van der Waals surface area contributed by atoms with Gasteiger partial charge in [0.1, 0.15) is 0 Å². The molecule has 0 radical (unpaired) electrons. The third-order valence-corrected chi connectivity index (χ3v) is 7.28. The quantitative estimate of drug-likeness (QED) is 0.851. The lowest BCUT2D eigenvalue weighted by Crippen LogP contribution is -2.53. The predicted octanol–water partition coefficient (Wildman–Crippen LogP) is 1.18. The van der Waals surface area contributed by atoms with E-state index in [4.69, 9.17) is 0 Å². The molecule has 3 aliphatic rings. The van der Waals surface area contributed by atoms with Crippen LogP contribution in [0.4, 0.5) is 0 Å². The monoisotopic (exact) mass is 301 g/mol. The molecule has 3 saturated heterocycles. The molecule has 3 atom stereocenters. The van der Waals surface area contributed by atoms with Crippen molar-refractivity contribution in [1.82, 2.24) is 13.9 Å². The van der Waals surface area contributed by atoms with Crippen LogP contribution in [0.15, 0.2) is 0 Å². The van der Waals surface area contributed by atoms with Gasteiger partial charge >= 0.3 is 0 Å². The molecule has 3 heterocycles. The first-order valence-corrected chi connectivity index (χ1v) is 9.35. The normalized spacial score (nSPS) is 39.4. The number of nitrogens with zero attached hydrogens (tertiary/aromatic N) is 2. The molecule has 0 aliphatic carbocycles. The van der Waals surface area contributed by atoms with Gasteiger partial charge in [-0.3, -0.25) is 0 Å². The Morgan fingerprint density at radius 3 is 2.40 bits per heavy atom. The molecule has 0 amide bonds. The number of piperidine rings is 2. The standard InChI is InChI=1S/C14H27N3O2S/c1-11-4-3-7-17(10-11)20(18,19)16(2)14-8-12-5-6-13(9-14)15-12/h11-15H,3-10H2,1-2H3. The summed E-state index contributed by atoms with van der Waals surface area (Å²) in [6.07, 6.45) is 6.48. The van der Waals surface area contributed by atoms with Crippen LogP contribution in [-0.4, -0.2) is 55.3 Å². The van der Waals surface area contributed by atoms with E-state index >= 15 is 0 Å². The van der Waals surface area contributed by atoms with Crippen molar-refractivity contribution in [3.05, 3.63) is 0 Å². The van der Waals surface area contributed by atoms with E-state index in [2.05, 4.69) is 12.2 Å². The Morgan fingerprint density at radius 2 is 1.80 bits per heavy atom. The summed E-state index contributed by atoms with van der Waals surface area (Å²) in [6.45, 7) is 3.52. The Labute approximate surface area is 122 Å². The zero-order chi connectivity index (χ0) is 14.3. The smallest absolute Gasteiger partial charge is 0.281 e. The zero-order valence-electron chi connectivity index (χ0n) is 12.6. The zero-order valence-corrected chi connectivity index (χ0v) is 13.4. The van der Waals surface area contributed by atoms with Crippen molar-refractivity contribution >= 4 is 10.2 Å². The van der Waals surface area contributed by atoms with Crippen LogP contribution in [0.5, 0.6) is 0 Å². The minimum absolute atomic E-state index is 0.177. The molecule has 0 aromatic rings. The highest BCUT2D eigenvalue weighted by Crippen LogP contribution is 2.31. The highest BCUT2D eigenvalue weighted by molar-refractivity contribution is 7.86. The van der Waals surface area contributed by atoms with Crippen LogP contribution < -0.4 is 5.32 Å². The molecule has 0 aromatic heterocycles. The Morgan fingerprint density at radius 1 is 1.15 bits per heavy atom. The molecule has 2 bridgehead atoms. The topological polar surface area (TPSA) is 52.7 Å². The third-order valence-electron chi connectivity index (χ3n) is 5.27. The minimum atomic E-state index is -3.27. The van der Waals surface area contributed by atoms with Crippen LogP contribution in [0, 0.1) is 5.92 Å². The first kappa shape index (κ1) is 14.8. The molecule has 20 heavy (non-hydrogen) atoms. The third kappa shape index (κ3) is 2.75. The second-order valence-electron chi connectivity index (χ2n) is 6.89. The Balaban J connectivity index is 1.70. The molecule has 0 aromatic carbocycles. The highest BCUT2D eigenvalue weighted by Gasteiger charge is 2.40. The molecule has 6 heteroatoms. The maximum absolute atomic E-state index is 12.8. The summed E-state index contributed by atoms with van der Waals surface area (Å²) < 4.78 is 29.0. The van der Waals surface area contributed by atoms with Gasteiger partial charge in [-0.25, -0.2) is 0 Å². The van der Waals surface area contributed by atoms with Gasteiger partial charge in [0, 0.05) is 38.3 Å². The molecular weight excluding hydrogens is 274 g/mol. The van der Waals surface area contributed by atoms with Crippen molar-refractivity contribution in [1.29, 1.82) is 0 Å². The maximum Gasteiger partial charge on any atom is 0.281 e. The van der Waals surface area contributed by atoms with Gasteiger partial charge < -0.3 is 5.32 Å². The van der Waals surface area contributed by atoms with Crippen molar-refractivity contribution in [3.63, 3.8) is 0 Å². The first-order valence-electron chi connectivity index (χ1n) is 7.96. The van der Waals surface area contributed by atoms with Gasteiger partial charge in [0.25, 0.3) is 10.2 Å². The van der Waals surface area contributed by atoms with E-state index in [0.717, 1.165) is 25.7 Å². The molecular formula is C14H27N3O2S. The first-order chi connectivity index (χ1) is 9.46. The van der Waals surface area contributed by atoms with E-state index in [1.807, 2.05) is 0 Å². The van der Waals surface area contributed by atoms with Crippen molar-refractivity contribution in [3.8, 4) is 0 Å². The fourth-order valence-corrected chi connectivity index (χ4v) is 5.77. The fraction of sp³-hybridized carbons (Fsp3) is 1.00. The molecule has 3 aliphatic heterocycles. The van der Waals surface area contributed by atoms with Crippen molar-refractivity contribution in [2.24, 2.45) is 5.92 Å². The molecule has 3 rings (SSSR count). The van der Waals surface area contributed by atoms with E-state index in [-0.39, 0.29) is 6.04 Å². The van der Waals surface area contributed by atoms with Crippen LogP contribution in [-0.2, 0) is 10.2 Å². The second-order valence-corrected chi connectivity index (χ2v) is 8.88. The molecule has 0 spiro atoms. The van der Waals surface area contributed by atoms with E-state index < -0.39 is 10.2 Å². The summed E-state index contributed by atoms with van der Waals surface area (Å²) in [5, 5.41) is 3.58. The second kappa shape index (κ2) is 5.55. The van der Waals surface area contributed by atoms with Crippen molar-refractivity contribution in [2.75, 3.05) is 20.1 Å². The van der Waals surface area contributed by atoms with Crippen molar-refractivity contribution < 1.29 is 8.42 Å². The van der Waals surface area contributed by atoms with Gasteiger partial charge in [-0.1, -0.05) is 6.92 Å². The van der Waals surface area contributed by atoms with Crippen LogP contribution in [0.25, 0.3) is 0 Å². The number of rotatable bonds is 3. The lowest BCUT2D eigenvalue weighted by molar-refractivity contribution is 0.218. The van der Waals surface area contributed by atoms with Gasteiger partial charge in [0.15, 0.2) is 0 Å². The average molecular weight is 301 g/mol. The number of hydrogen-bond donors (Lipinski definition) is 1. The number of hydrogen-bond acceptors (Lipinski definition) is 3. The van der Waals surface area contributed by atoms with Gasteiger partial charge in [0.05, 0.1) is 0 Å². The molecule has 0 saturated carbocycles. The van der Waals surface area contributed by atoms with E-state index in [0.29, 0.717) is 31.1 Å². The summed E-state index contributed by atoms with van der Waals surface area (Å²) in [5.41, 5.74) is 0. The van der Waals surface area contributed by atoms with Gasteiger partial charge in [0.2, 0.25) is 0 Å². The van der Waals surface area contributed by atoms with Gasteiger partial charge in [-0.2, -0.15) is 17.0 Å². The van der Waals surface area contributed by atoms with Crippen LogP contribution >= 0.6 is 0 Å². The predicted molar refractivity (Wildman–Crippen MR) is 79.6 cm³/mol. The molecule has 3 fully saturated rings. The van der Waals surface area contributed by atoms with E-state index in [9.17, 15) is 8.42 Å². The van der Waals surface area contributed by atoms with Crippen molar-refractivity contribution in [2.45, 2.75) is 63.6 Å². The number of nitrogens with one attached hydrogen (secondary N) is 1. The molecule has 3 unspecified atom stereocenters. The summed E-state index contributed by atoms with van der Waals surface area (Å²) in [4.78, 5) is 0.